The summed E-state index contributed by atoms with van der Waals surface area (Å²) in [7, 11) is 1.61. The fourth-order valence-corrected chi connectivity index (χ4v) is 4.87. The largest absolute Gasteiger partial charge is 0.380 e. The van der Waals surface area contributed by atoms with Crippen LogP contribution in [-0.4, -0.2) is 7.11 Å². The second-order valence-electron chi connectivity index (χ2n) is 7.81. The Morgan fingerprint density at radius 1 is 1.04 bits per heavy atom. The van der Waals surface area contributed by atoms with Crippen LogP contribution in [0.15, 0.2) is 30.9 Å². The highest BCUT2D eigenvalue weighted by molar-refractivity contribution is 5.27. The van der Waals surface area contributed by atoms with Crippen LogP contribution in [0.5, 0.6) is 0 Å². The Morgan fingerprint density at radius 2 is 1.67 bits per heavy atom. The highest BCUT2D eigenvalue weighted by Gasteiger charge is 2.30. The molecule has 0 saturated heterocycles. The van der Waals surface area contributed by atoms with Crippen molar-refractivity contribution >= 4 is 0 Å². The van der Waals surface area contributed by atoms with Gasteiger partial charge in [0.15, 0.2) is 0 Å². The molecule has 0 atom stereocenters. The van der Waals surface area contributed by atoms with E-state index in [0.717, 1.165) is 17.8 Å². The molecule has 1 aromatic carbocycles. The third-order valence-electron chi connectivity index (χ3n) is 6.44. The fourth-order valence-electron chi connectivity index (χ4n) is 4.87. The van der Waals surface area contributed by atoms with Crippen LogP contribution >= 0.6 is 0 Å². The van der Waals surface area contributed by atoms with Crippen LogP contribution in [0.2, 0.25) is 0 Å². The van der Waals surface area contributed by atoms with E-state index in [1.54, 1.807) is 13.2 Å². The summed E-state index contributed by atoms with van der Waals surface area (Å²) in [6.07, 6.45) is 12.6. The summed E-state index contributed by atoms with van der Waals surface area (Å²) in [5, 5.41) is 0. The summed E-state index contributed by atoms with van der Waals surface area (Å²) in [6, 6.07) is 5.75. The van der Waals surface area contributed by atoms with E-state index in [-0.39, 0.29) is 5.82 Å². The lowest BCUT2D eigenvalue weighted by Gasteiger charge is -2.37. The smallest absolute Gasteiger partial charge is 0.129 e. The Hall–Kier alpha value is -1.15. The average Bonchev–Trinajstić information content (AvgIpc) is 2.64. The molecule has 2 aliphatic rings. The number of ether oxygens (including phenoxy) is 1. The zero-order chi connectivity index (χ0) is 16.9. The molecule has 0 amide bonds. The maximum absolute atomic E-state index is 14.1. The number of methoxy groups -OCH3 is 1. The van der Waals surface area contributed by atoms with E-state index in [2.05, 4.69) is 18.7 Å². The van der Waals surface area contributed by atoms with Crippen LogP contribution in [0, 0.1) is 23.6 Å². The van der Waals surface area contributed by atoms with Gasteiger partial charge in [-0.25, -0.2) is 4.39 Å². The SMILES string of the molecule is C=CC1CCC(C2CCC(c3ccc(COC)c(F)c3)CC2)CC1. The summed E-state index contributed by atoms with van der Waals surface area (Å²) in [6.45, 7) is 4.31. The molecule has 0 aromatic heterocycles. The van der Waals surface area contributed by atoms with Gasteiger partial charge in [-0.1, -0.05) is 18.2 Å². The number of hydrogen-bond acceptors (Lipinski definition) is 1. The first-order chi connectivity index (χ1) is 11.7. The molecule has 0 radical (unpaired) electrons. The predicted molar refractivity (Wildman–Crippen MR) is 97.5 cm³/mol. The van der Waals surface area contributed by atoms with Crippen LogP contribution in [-0.2, 0) is 11.3 Å². The highest BCUT2D eigenvalue weighted by atomic mass is 19.1. The maximum atomic E-state index is 14.1. The third-order valence-corrected chi connectivity index (χ3v) is 6.44. The van der Waals surface area contributed by atoms with Gasteiger partial charge in [-0.15, -0.1) is 6.58 Å². The van der Waals surface area contributed by atoms with Crippen LogP contribution in [0.25, 0.3) is 0 Å². The lowest BCUT2D eigenvalue weighted by molar-refractivity contribution is 0.171. The zero-order valence-electron chi connectivity index (χ0n) is 15.0. The van der Waals surface area contributed by atoms with Gasteiger partial charge >= 0.3 is 0 Å². The molecule has 132 valence electrons. The second-order valence-corrected chi connectivity index (χ2v) is 7.81. The number of benzene rings is 1. The Morgan fingerprint density at radius 3 is 2.21 bits per heavy atom. The van der Waals surface area contributed by atoms with Gasteiger partial charge < -0.3 is 4.74 Å². The first kappa shape index (κ1) is 17.7. The summed E-state index contributed by atoms with van der Waals surface area (Å²) in [4.78, 5) is 0. The molecule has 24 heavy (non-hydrogen) atoms. The maximum Gasteiger partial charge on any atom is 0.129 e. The zero-order valence-corrected chi connectivity index (χ0v) is 15.0. The monoisotopic (exact) mass is 330 g/mol. The minimum Gasteiger partial charge on any atom is -0.380 e. The second kappa shape index (κ2) is 8.29. The Balaban J connectivity index is 1.53. The average molecular weight is 330 g/mol. The first-order valence-corrected chi connectivity index (χ1v) is 9.61. The van der Waals surface area contributed by atoms with Crippen molar-refractivity contribution in [3.8, 4) is 0 Å². The molecule has 1 aromatic rings. The molecule has 3 rings (SSSR count). The Labute approximate surface area is 146 Å². The topological polar surface area (TPSA) is 9.23 Å². The molecule has 0 bridgehead atoms. The van der Waals surface area contributed by atoms with Crippen LogP contribution in [0.4, 0.5) is 4.39 Å². The van der Waals surface area contributed by atoms with Gasteiger partial charge in [-0.2, -0.15) is 0 Å². The van der Waals surface area contributed by atoms with Crippen LogP contribution in [0.1, 0.15) is 68.4 Å². The number of allylic oxidation sites excluding steroid dienone is 1. The van der Waals surface area contributed by atoms with E-state index in [1.165, 1.54) is 56.9 Å². The van der Waals surface area contributed by atoms with Gasteiger partial charge in [0.05, 0.1) is 6.61 Å². The van der Waals surface area contributed by atoms with Gasteiger partial charge in [-0.3, -0.25) is 0 Å². The number of rotatable bonds is 5. The molecule has 2 saturated carbocycles. The summed E-state index contributed by atoms with van der Waals surface area (Å²) in [5.74, 6) is 3.00. The standard InChI is InChI=1S/C22H31FO/c1-3-16-4-6-17(7-5-16)18-8-10-19(11-9-18)20-12-13-21(15-24-2)22(23)14-20/h3,12-14,16-19H,1,4-11,15H2,2H3. The van der Waals surface area contributed by atoms with Gasteiger partial charge in [-0.05, 0) is 86.7 Å². The van der Waals surface area contributed by atoms with Gasteiger partial charge in [0, 0.05) is 12.7 Å². The van der Waals surface area contributed by atoms with Gasteiger partial charge in [0.2, 0.25) is 0 Å². The molecule has 0 unspecified atom stereocenters. The van der Waals surface area contributed by atoms with Crippen LogP contribution < -0.4 is 0 Å². The Kier molecular flexibility index (Phi) is 6.10. The molecule has 0 aliphatic heterocycles. The van der Waals surface area contributed by atoms with Crippen molar-refractivity contribution in [2.45, 2.75) is 63.9 Å². The summed E-state index contributed by atoms with van der Waals surface area (Å²) >= 11 is 0. The third kappa shape index (κ3) is 4.08. The molecule has 0 N–H and O–H groups in total. The quantitative estimate of drug-likeness (QED) is 0.581. The van der Waals surface area contributed by atoms with Crippen LogP contribution in [0.3, 0.4) is 0 Å². The van der Waals surface area contributed by atoms with E-state index in [9.17, 15) is 4.39 Å². The van der Waals surface area contributed by atoms with E-state index in [1.807, 2.05) is 6.07 Å². The van der Waals surface area contributed by atoms with Crippen molar-refractivity contribution in [1.29, 1.82) is 0 Å². The van der Waals surface area contributed by atoms with Crippen molar-refractivity contribution in [3.05, 3.63) is 47.8 Å². The molecular weight excluding hydrogens is 299 g/mol. The lowest BCUT2D eigenvalue weighted by atomic mass is 9.68. The van der Waals surface area contributed by atoms with E-state index in [0.29, 0.717) is 18.1 Å². The van der Waals surface area contributed by atoms with Crippen molar-refractivity contribution in [3.63, 3.8) is 0 Å². The molecular formula is C22H31FO. The minimum absolute atomic E-state index is 0.112. The van der Waals surface area contributed by atoms with E-state index < -0.39 is 0 Å². The molecule has 2 aliphatic carbocycles. The lowest BCUT2D eigenvalue weighted by Crippen LogP contribution is -2.25. The van der Waals surface area contributed by atoms with Crippen molar-refractivity contribution < 1.29 is 9.13 Å². The van der Waals surface area contributed by atoms with E-state index in [4.69, 9.17) is 4.74 Å². The molecule has 2 heteroatoms. The van der Waals surface area contributed by atoms with Gasteiger partial charge in [0.1, 0.15) is 5.82 Å². The van der Waals surface area contributed by atoms with E-state index >= 15 is 0 Å². The molecule has 2 fully saturated rings. The van der Waals surface area contributed by atoms with Crippen molar-refractivity contribution in [2.75, 3.05) is 7.11 Å². The number of halogens is 1. The minimum atomic E-state index is -0.112. The fraction of sp³-hybridized carbons (Fsp3) is 0.636. The normalized spacial score (nSPS) is 30.9. The van der Waals surface area contributed by atoms with Crippen molar-refractivity contribution in [1.82, 2.24) is 0 Å². The summed E-state index contributed by atoms with van der Waals surface area (Å²) < 4.78 is 19.2. The van der Waals surface area contributed by atoms with Crippen molar-refractivity contribution in [2.24, 2.45) is 17.8 Å². The first-order valence-electron chi connectivity index (χ1n) is 9.61. The predicted octanol–water partition coefficient (Wildman–Crippen LogP) is 6.24. The summed E-state index contributed by atoms with van der Waals surface area (Å²) in [5.41, 5.74) is 1.84. The highest BCUT2D eigenvalue weighted by Crippen LogP contribution is 2.44. The Bertz CT molecular complexity index is 537. The molecule has 0 spiro atoms. The number of hydrogen-bond donors (Lipinski definition) is 0. The van der Waals surface area contributed by atoms with Gasteiger partial charge in [0.25, 0.3) is 0 Å². The molecule has 1 nitrogen and oxygen atoms in total. The molecule has 0 heterocycles.